The largest absolute Gasteiger partial charge is 0.497 e. The van der Waals surface area contributed by atoms with E-state index >= 15 is 0 Å². The molecule has 0 bridgehead atoms. The molecule has 1 N–H and O–H groups in total. The number of carbonyl (C=O) groups is 1. The zero-order valence-electron chi connectivity index (χ0n) is 17.4. The molecule has 0 saturated carbocycles. The van der Waals surface area contributed by atoms with Crippen LogP contribution in [0.4, 0.5) is 0 Å². The molecule has 0 spiro atoms. The van der Waals surface area contributed by atoms with E-state index in [0.29, 0.717) is 23.4 Å². The van der Waals surface area contributed by atoms with Gasteiger partial charge in [-0.25, -0.2) is 9.67 Å². The highest BCUT2D eigenvalue weighted by Crippen LogP contribution is 2.15. The minimum atomic E-state index is -0.203. The average molecular weight is 417 g/mol. The van der Waals surface area contributed by atoms with Crippen molar-refractivity contribution in [2.45, 2.75) is 26.4 Å². The van der Waals surface area contributed by atoms with Gasteiger partial charge in [-0.1, -0.05) is 30.3 Å². The van der Waals surface area contributed by atoms with E-state index in [9.17, 15) is 9.59 Å². The summed E-state index contributed by atoms with van der Waals surface area (Å²) >= 11 is 0. The molecule has 0 saturated heterocycles. The number of nitrogens with zero attached hydrogens (tertiary/aromatic N) is 4. The minimum Gasteiger partial charge on any atom is -0.497 e. The van der Waals surface area contributed by atoms with Crippen molar-refractivity contribution in [2.75, 3.05) is 7.11 Å². The lowest BCUT2D eigenvalue weighted by atomic mass is 10.2. The van der Waals surface area contributed by atoms with E-state index in [2.05, 4.69) is 15.4 Å². The van der Waals surface area contributed by atoms with E-state index in [4.69, 9.17) is 4.74 Å². The molecule has 2 aromatic heterocycles. The molecule has 0 aliphatic heterocycles. The number of amides is 1. The first-order chi connectivity index (χ1) is 15.1. The van der Waals surface area contributed by atoms with Crippen molar-refractivity contribution in [3.63, 3.8) is 0 Å². The number of aryl methyl sites for hydroxylation is 1. The summed E-state index contributed by atoms with van der Waals surface area (Å²) in [5, 5.41) is 7.63. The molecule has 0 fully saturated rings. The zero-order valence-corrected chi connectivity index (χ0v) is 17.4. The van der Waals surface area contributed by atoms with Crippen LogP contribution in [0.2, 0.25) is 0 Å². The molecular weight excluding hydrogens is 394 g/mol. The van der Waals surface area contributed by atoms with Gasteiger partial charge < -0.3 is 10.1 Å². The molecule has 31 heavy (non-hydrogen) atoms. The Morgan fingerprint density at radius 2 is 1.94 bits per heavy atom. The second-order valence-electron chi connectivity index (χ2n) is 7.12. The molecule has 2 aromatic carbocycles. The maximum Gasteiger partial charge on any atom is 0.264 e. The quantitative estimate of drug-likeness (QED) is 0.499. The van der Waals surface area contributed by atoms with Crippen LogP contribution in [0.1, 0.15) is 17.8 Å². The summed E-state index contributed by atoms with van der Waals surface area (Å²) in [5.41, 5.74) is 2.08. The normalized spacial score (nSPS) is 10.9. The van der Waals surface area contributed by atoms with Crippen molar-refractivity contribution >= 4 is 16.9 Å². The number of nitrogens with one attached hydrogen (secondary N) is 1. The molecule has 0 atom stereocenters. The smallest absolute Gasteiger partial charge is 0.264 e. The zero-order chi connectivity index (χ0) is 21.8. The number of rotatable bonds is 7. The van der Waals surface area contributed by atoms with Crippen molar-refractivity contribution in [3.8, 4) is 11.4 Å². The van der Waals surface area contributed by atoms with Crippen LogP contribution in [0, 0.1) is 6.92 Å². The van der Waals surface area contributed by atoms with Gasteiger partial charge in [0.15, 0.2) is 5.65 Å². The van der Waals surface area contributed by atoms with Crippen LogP contribution < -0.4 is 15.6 Å². The number of carbonyl (C=O) groups excluding carboxylic acids is 1. The Morgan fingerprint density at radius 1 is 1.13 bits per heavy atom. The van der Waals surface area contributed by atoms with Gasteiger partial charge in [0.25, 0.3) is 5.56 Å². The van der Waals surface area contributed by atoms with Crippen LogP contribution in [-0.2, 0) is 17.9 Å². The molecule has 0 unspecified atom stereocenters. The summed E-state index contributed by atoms with van der Waals surface area (Å²) in [6.45, 7) is 2.40. The highest BCUT2D eigenvalue weighted by atomic mass is 16.5. The van der Waals surface area contributed by atoms with Gasteiger partial charge in [-0.05, 0) is 36.8 Å². The molecule has 0 aliphatic carbocycles. The first kappa shape index (κ1) is 20.3. The van der Waals surface area contributed by atoms with Gasteiger partial charge in [-0.2, -0.15) is 5.10 Å². The number of methoxy groups -OCH3 is 1. The summed E-state index contributed by atoms with van der Waals surface area (Å²) in [7, 11) is 1.60. The molecule has 0 aliphatic rings. The Balaban J connectivity index is 1.47. The second-order valence-corrected chi connectivity index (χ2v) is 7.12. The first-order valence-electron chi connectivity index (χ1n) is 9.97. The maximum atomic E-state index is 13.0. The minimum absolute atomic E-state index is 0.144. The molecule has 0 radical (unpaired) electrons. The number of ether oxygens (including phenoxy) is 1. The van der Waals surface area contributed by atoms with Gasteiger partial charge in [0, 0.05) is 19.5 Å². The number of benzene rings is 2. The van der Waals surface area contributed by atoms with Gasteiger partial charge in [-0.15, -0.1) is 0 Å². The summed E-state index contributed by atoms with van der Waals surface area (Å²) in [5.74, 6) is 1.13. The van der Waals surface area contributed by atoms with Crippen LogP contribution in [0.5, 0.6) is 5.75 Å². The molecule has 2 heterocycles. The third-order valence-electron chi connectivity index (χ3n) is 5.06. The fourth-order valence-corrected chi connectivity index (χ4v) is 3.41. The van der Waals surface area contributed by atoms with Crippen LogP contribution >= 0.6 is 0 Å². The Hall–Kier alpha value is -3.94. The third kappa shape index (κ3) is 4.32. The van der Waals surface area contributed by atoms with Crippen LogP contribution in [0.25, 0.3) is 16.7 Å². The summed E-state index contributed by atoms with van der Waals surface area (Å²) in [6, 6.07) is 17.0. The van der Waals surface area contributed by atoms with E-state index < -0.39 is 0 Å². The number of aromatic nitrogens is 4. The third-order valence-corrected chi connectivity index (χ3v) is 5.06. The molecule has 8 nitrogen and oxygen atoms in total. The van der Waals surface area contributed by atoms with Crippen LogP contribution in [0.15, 0.2) is 65.6 Å². The lowest BCUT2D eigenvalue weighted by Gasteiger charge is -2.11. The Morgan fingerprint density at radius 3 is 2.71 bits per heavy atom. The topological polar surface area (TPSA) is 91.0 Å². The van der Waals surface area contributed by atoms with Crippen molar-refractivity contribution < 1.29 is 9.53 Å². The molecule has 1 amide bonds. The van der Waals surface area contributed by atoms with E-state index in [1.165, 1.54) is 10.8 Å². The van der Waals surface area contributed by atoms with Crippen LogP contribution in [0.3, 0.4) is 0 Å². The molecule has 8 heteroatoms. The maximum absolute atomic E-state index is 13.0. The monoisotopic (exact) mass is 417 g/mol. The molecular formula is C23H23N5O3. The summed E-state index contributed by atoms with van der Waals surface area (Å²) in [4.78, 5) is 29.9. The lowest BCUT2D eigenvalue weighted by molar-refractivity contribution is -0.121. The highest BCUT2D eigenvalue weighted by molar-refractivity contribution is 5.76. The fraction of sp³-hybridized carbons (Fsp3) is 0.217. The van der Waals surface area contributed by atoms with Gasteiger partial charge in [-0.3, -0.25) is 14.2 Å². The lowest BCUT2D eigenvalue weighted by Crippen LogP contribution is -2.29. The van der Waals surface area contributed by atoms with Crippen molar-refractivity contribution in [2.24, 2.45) is 0 Å². The average Bonchev–Trinajstić information content (AvgIpc) is 3.22. The Labute approximate surface area is 179 Å². The number of hydrogen-bond donors (Lipinski definition) is 1. The van der Waals surface area contributed by atoms with Crippen LogP contribution in [-0.4, -0.2) is 32.3 Å². The van der Waals surface area contributed by atoms with E-state index in [0.717, 1.165) is 17.0 Å². The van der Waals surface area contributed by atoms with E-state index in [-0.39, 0.29) is 24.4 Å². The van der Waals surface area contributed by atoms with Crippen molar-refractivity contribution in [3.05, 3.63) is 82.5 Å². The number of hydrogen-bond acceptors (Lipinski definition) is 5. The predicted molar refractivity (Wildman–Crippen MR) is 117 cm³/mol. The second kappa shape index (κ2) is 8.83. The van der Waals surface area contributed by atoms with Crippen molar-refractivity contribution in [1.29, 1.82) is 0 Å². The molecule has 158 valence electrons. The van der Waals surface area contributed by atoms with Crippen molar-refractivity contribution in [1.82, 2.24) is 24.6 Å². The van der Waals surface area contributed by atoms with Gasteiger partial charge in [0.2, 0.25) is 5.91 Å². The van der Waals surface area contributed by atoms with Gasteiger partial charge >= 0.3 is 0 Å². The Kier molecular flexibility index (Phi) is 5.79. The van der Waals surface area contributed by atoms with Gasteiger partial charge in [0.05, 0.1) is 19.0 Å². The van der Waals surface area contributed by atoms with E-state index in [1.54, 1.807) is 18.7 Å². The SMILES string of the molecule is COc1cccc(CNC(=O)CCn2c(C)nc3c(cnn3-c3ccccc3)c2=O)c1. The molecule has 4 rings (SSSR count). The molecule has 4 aromatic rings. The number of para-hydroxylation sites is 1. The van der Waals surface area contributed by atoms with Gasteiger partial charge in [0.1, 0.15) is 17.0 Å². The number of fused-ring (bicyclic) bond motifs is 1. The fourth-order valence-electron chi connectivity index (χ4n) is 3.41. The predicted octanol–water partition coefficient (Wildman–Crippen LogP) is 2.61. The first-order valence-corrected chi connectivity index (χ1v) is 9.97. The standard InChI is InChI=1S/C23H23N5O3/c1-16-26-22-20(15-25-28(22)18-8-4-3-5-9-18)23(30)27(16)12-11-21(29)24-14-17-7-6-10-19(13-17)31-2/h3-10,13,15H,11-12,14H2,1-2H3,(H,24,29). The highest BCUT2D eigenvalue weighted by Gasteiger charge is 2.15. The summed E-state index contributed by atoms with van der Waals surface area (Å²) < 4.78 is 8.36. The Bertz CT molecular complexity index is 1280. The van der Waals surface area contributed by atoms with E-state index in [1.807, 2.05) is 54.6 Å². The summed E-state index contributed by atoms with van der Waals surface area (Å²) in [6.07, 6.45) is 1.70.